The summed E-state index contributed by atoms with van der Waals surface area (Å²) in [6.45, 7) is 0. The normalized spacial score (nSPS) is 20.6. The molecule has 3 heteroatoms. The van der Waals surface area contributed by atoms with Crippen LogP contribution in [0, 0.1) is 5.92 Å². The molecule has 0 aliphatic heterocycles. The Kier molecular flexibility index (Phi) is 3.99. The highest BCUT2D eigenvalue weighted by Crippen LogP contribution is 2.25. The summed E-state index contributed by atoms with van der Waals surface area (Å²) in [6.07, 6.45) is 11.1. The molecule has 1 aromatic heterocycles. The Bertz CT molecular complexity index is 311. The molecule has 0 saturated heterocycles. The maximum Gasteiger partial charge on any atom is 0.0640 e. The molecule has 0 bridgehead atoms. The summed E-state index contributed by atoms with van der Waals surface area (Å²) in [5, 5.41) is 4.41. The van der Waals surface area contributed by atoms with Crippen molar-refractivity contribution in [2.45, 2.75) is 51.0 Å². The third-order valence-corrected chi connectivity index (χ3v) is 3.72. The largest absolute Gasteiger partial charge is 0.327 e. The van der Waals surface area contributed by atoms with Gasteiger partial charge in [0.2, 0.25) is 0 Å². The number of nitrogens with zero attached hydrogens (tertiary/aromatic N) is 2. The van der Waals surface area contributed by atoms with Crippen LogP contribution < -0.4 is 5.73 Å². The molecule has 2 N–H and O–H groups in total. The lowest BCUT2D eigenvalue weighted by molar-refractivity contribution is 0.370. The van der Waals surface area contributed by atoms with Gasteiger partial charge < -0.3 is 5.73 Å². The van der Waals surface area contributed by atoms with Crippen LogP contribution >= 0.6 is 0 Å². The highest BCUT2D eigenvalue weighted by molar-refractivity contribution is 5.01. The third-order valence-electron chi connectivity index (χ3n) is 3.72. The Morgan fingerprint density at radius 3 is 2.62 bits per heavy atom. The third kappa shape index (κ3) is 3.08. The average Bonchev–Trinajstić information content (AvgIpc) is 2.56. The van der Waals surface area contributed by atoms with Gasteiger partial charge in [-0.1, -0.05) is 25.7 Å². The lowest BCUT2D eigenvalue weighted by Crippen LogP contribution is -2.32. The molecule has 90 valence electrons. The first-order chi connectivity index (χ1) is 7.75. The van der Waals surface area contributed by atoms with E-state index < -0.39 is 0 Å². The molecule has 2 rings (SSSR count). The van der Waals surface area contributed by atoms with E-state index in [-0.39, 0.29) is 0 Å². The van der Waals surface area contributed by atoms with Gasteiger partial charge in [0.1, 0.15) is 0 Å². The molecule has 3 nitrogen and oxygen atoms in total. The highest BCUT2D eigenvalue weighted by Gasteiger charge is 2.20. The van der Waals surface area contributed by atoms with E-state index in [0.717, 1.165) is 12.1 Å². The van der Waals surface area contributed by atoms with Crippen LogP contribution in [-0.2, 0) is 13.5 Å². The van der Waals surface area contributed by atoms with E-state index in [1.807, 2.05) is 17.9 Å². The quantitative estimate of drug-likeness (QED) is 0.796. The molecule has 0 spiro atoms. The van der Waals surface area contributed by atoms with Gasteiger partial charge in [-0.3, -0.25) is 4.68 Å². The first-order valence-corrected chi connectivity index (χ1v) is 6.50. The molecule has 1 aliphatic carbocycles. The zero-order chi connectivity index (χ0) is 11.4. The highest BCUT2D eigenvalue weighted by atomic mass is 15.2. The Balaban J connectivity index is 1.88. The van der Waals surface area contributed by atoms with E-state index in [0.29, 0.717) is 12.0 Å². The number of aromatic nitrogens is 2. The summed E-state index contributed by atoms with van der Waals surface area (Å²) in [7, 11) is 1.96. The van der Waals surface area contributed by atoms with Crippen molar-refractivity contribution in [1.82, 2.24) is 9.78 Å². The fourth-order valence-electron chi connectivity index (χ4n) is 2.72. The summed E-state index contributed by atoms with van der Waals surface area (Å²) in [5.41, 5.74) is 7.45. The predicted molar refractivity (Wildman–Crippen MR) is 66.1 cm³/mol. The van der Waals surface area contributed by atoms with E-state index in [2.05, 4.69) is 11.2 Å². The minimum Gasteiger partial charge on any atom is -0.327 e. The van der Waals surface area contributed by atoms with Crippen LogP contribution in [0.25, 0.3) is 0 Å². The van der Waals surface area contributed by atoms with Crippen LogP contribution in [0.4, 0.5) is 0 Å². The second-order valence-electron chi connectivity index (χ2n) is 5.10. The number of hydrogen-bond acceptors (Lipinski definition) is 2. The Labute approximate surface area is 98.0 Å². The molecule has 1 saturated carbocycles. The Morgan fingerprint density at radius 2 is 2.06 bits per heavy atom. The monoisotopic (exact) mass is 221 g/mol. The predicted octanol–water partition coefficient (Wildman–Crippen LogP) is 2.26. The molecule has 1 unspecified atom stereocenters. The summed E-state index contributed by atoms with van der Waals surface area (Å²) in [4.78, 5) is 0. The van der Waals surface area contributed by atoms with Gasteiger partial charge in [-0.25, -0.2) is 0 Å². The molecule has 1 atom stereocenters. The number of hydrogen-bond donors (Lipinski definition) is 1. The number of aryl methyl sites for hydroxylation is 1. The molecule has 1 aromatic rings. The molecule has 0 radical (unpaired) electrons. The summed E-state index contributed by atoms with van der Waals surface area (Å²) in [5.74, 6) is 0.713. The van der Waals surface area contributed by atoms with Gasteiger partial charge in [0.15, 0.2) is 0 Å². The number of rotatable bonds is 3. The van der Waals surface area contributed by atoms with Crippen molar-refractivity contribution in [3.63, 3.8) is 0 Å². The van der Waals surface area contributed by atoms with E-state index in [1.54, 1.807) is 0 Å². The molecule has 0 amide bonds. The van der Waals surface area contributed by atoms with Crippen LogP contribution in [0.5, 0.6) is 0 Å². The molecule has 1 fully saturated rings. The van der Waals surface area contributed by atoms with Crippen LogP contribution in [0.1, 0.15) is 44.2 Å². The van der Waals surface area contributed by atoms with Crippen LogP contribution in [-0.4, -0.2) is 15.8 Å². The van der Waals surface area contributed by atoms with Crippen molar-refractivity contribution < 1.29 is 0 Å². The summed E-state index contributed by atoms with van der Waals surface area (Å²) < 4.78 is 1.86. The van der Waals surface area contributed by atoms with Crippen molar-refractivity contribution >= 4 is 0 Å². The lowest BCUT2D eigenvalue weighted by Gasteiger charge is -2.21. The maximum absolute atomic E-state index is 6.31. The molecular weight excluding hydrogens is 198 g/mol. The van der Waals surface area contributed by atoms with Gasteiger partial charge in [-0.05, 0) is 24.8 Å². The standard InChI is InChI=1S/C13H23N3/c1-16-9-8-12(15-16)10-13(14)11-6-4-2-3-5-7-11/h8-9,11,13H,2-7,10,14H2,1H3. The summed E-state index contributed by atoms with van der Waals surface area (Å²) in [6, 6.07) is 2.38. The van der Waals surface area contributed by atoms with Gasteiger partial charge in [-0.15, -0.1) is 0 Å². The fraction of sp³-hybridized carbons (Fsp3) is 0.769. The second kappa shape index (κ2) is 5.48. The number of nitrogens with two attached hydrogens (primary N) is 1. The zero-order valence-corrected chi connectivity index (χ0v) is 10.2. The van der Waals surface area contributed by atoms with Gasteiger partial charge in [-0.2, -0.15) is 5.10 Å². The Morgan fingerprint density at radius 1 is 1.38 bits per heavy atom. The van der Waals surface area contributed by atoms with Crippen LogP contribution in [0.2, 0.25) is 0 Å². The van der Waals surface area contributed by atoms with Gasteiger partial charge in [0.05, 0.1) is 5.69 Å². The van der Waals surface area contributed by atoms with Crippen molar-refractivity contribution in [2.75, 3.05) is 0 Å². The molecule has 1 aliphatic rings. The molecule has 1 heterocycles. The van der Waals surface area contributed by atoms with Gasteiger partial charge >= 0.3 is 0 Å². The lowest BCUT2D eigenvalue weighted by atomic mass is 9.90. The maximum atomic E-state index is 6.31. The molecule has 16 heavy (non-hydrogen) atoms. The van der Waals surface area contributed by atoms with E-state index >= 15 is 0 Å². The SMILES string of the molecule is Cn1ccc(CC(N)C2CCCCCC2)n1. The zero-order valence-electron chi connectivity index (χ0n) is 10.2. The summed E-state index contributed by atoms with van der Waals surface area (Å²) >= 11 is 0. The van der Waals surface area contributed by atoms with Gasteiger partial charge in [0, 0.05) is 25.7 Å². The molecular formula is C13H23N3. The molecule has 0 aromatic carbocycles. The fourth-order valence-corrected chi connectivity index (χ4v) is 2.72. The van der Waals surface area contributed by atoms with Crippen molar-refractivity contribution in [1.29, 1.82) is 0 Å². The second-order valence-corrected chi connectivity index (χ2v) is 5.10. The van der Waals surface area contributed by atoms with Crippen molar-refractivity contribution in [3.8, 4) is 0 Å². The van der Waals surface area contributed by atoms with Crippen molar-refractivity contribution in [2.24, 2.45) is 18.7 Å². The Hall–Kier alpha value is -0.830. The first-order valence-electron chi connectivity index (χ1n) is 6.50. The van der Waals surface area contributed by atoms with Crippen molar-refractivity contribution in [3.05, 3.63) is 18.0 Å². The average molecular weight is 221 g/mol. The first kappa shape index (κ1) is 11.6. The van der Waals surface area contributed by atoms with Gasteiger partial charge in [0.25, 0.3) is 0 Å². The van der Waals surface area contributed by atoms with E-state index in [4.69, 9.17) is 5.73 Å². The van der Waals surface area contributed by atoms with Crippen LogP contribution in [0.3, 0.4) is 0 Å². The topological polar surface area (TPSA) is 43.8 Å². The van der Waals surface area contributed by atoms with E-state index in [9.17, 15) is 0 Å². The smallest absolute Gasteiger partial charge is 0.0640 e. The van der Waals surface area contributed by atoms with Crippen LogP contribution in [0.15, 0.2) is 12.3 Å². The minimum absolute atomic E-state index is 0.299. The van der Waals surface area contributed by atoms with E-state index in [1.165, 1.54) is 38.5 Å². The minimum atomic E-state index is 0.299.